The van der Waals surface area contributed by atoms with E-state index in [2.05, 4.69) is 68.6 Å². The molecule has 9 heteroatoms. The minimum Gasteiger partial charge on any atom is -0.372 e. The lowest BCUT2D eigenvalue weighted by atomic mass is 10.0. The number of nitrogens with one attached hydrogen (secondary N) is 1. The quantitative estimate of drug-likeness (QED) is 0.457. The molecule has 3 aromatic heterocycles. The van der Waals surface area contributed by atoms with Crippen molar-refractivity contribution < 1.29 is 8.42 Å². The lowest BCUT2D eigenvalue weighted by Gasteiger charge is -2.18. The Bertz CT molecular complexity index is 1410. The fourth-order valence-electron chi connectivity index (χ4n) is 4.54. The molecule has 1 aromatic carbocycles. The van der Waals surface area contributed by atoms with E-state index >= 15 is 0 Å². The van der Waals surface area contributed by atoms with Crippen molar-refractivity contribution in [3.05, 3.63) is 55.0 Å². The zero-order valence-corrected chi connectivity index (χ0v) is 19.9. The number of hydrogen-bond acceptors (Lipinski definition) is 5. The molecule has 1 aliphatic rings. The van der Waals surface area contributed by atoms with Crippen molar-refractivity contribution in [2.45, 2.75) is 37.8 Å². The van der Waals surface area contributed by atoms with Crippen LogP contribution < -0.4 is 9.62 Å². The molecule has 4 heterocycles. The van der Waals surface area contributed by atoms with E-state index in [0.29, 0.717) is 5.69 Å². The smallest absolute Gasteiger partial charge is 0.279 e. The van der Waals surface area contributed by atoms with Crippen LogP contribution in [0.4, 0.5) is 11.4 Å². The number of benzene rings is 1. The van der Waals surface area contributed by atoms with E-state index in [9.17, 15) is 8.42 Å². The summed E-state index contributed by atoms with van der Waals surface area (Å²) in [5.41, 5.74) is 4.43. The van der Waals surface area contributed by atoms with Crippen LogP contribution in [0.25, 0.3) is 22.2 Å². The van der Waals surface area contributed by atoms with Gasteiger partial charge in [-0.2, -0.15) is 13.5 Å². The molecule has 1 saturated heterocycles. The molecule has 0 spiro atoms. The first-order chi connectivity index (χ1) is 15.8. The highest BCUT2D eigenvalue weighted by Gasteiger charge is 2.23. The number of pyridine rings is 1. The molecule has 33 heavy (non-hydrogen) atoms. The second-order valence-corrected chi connectivity index (χ2v) is 10.4. The van der Waals surface area contributed by atoms with Gasteiger partial charge in [-0.1, -0.05) is 12.1 Å². The van der Waals surface area contributed by atoms with E-state index in [4.69, 9.17) is 0 Å². The Morgan fingerprint density at radius 2 is 1.85 bits per heavy atom. The summed E-state index contributed by atoms with van der Waals surface area (Å²) in [4.78, 5) is 7.02. The van der Waals surface area contributed by atoms with E-state index in [1.165, 1.54) is 35.5 Å². The Morgan fingerprint density at radius 1 is 1.06 bits per heavy atom. The van der Waals surface area contributed by atoms with Gasteiger partial charge >= 0.3 is 0 Å². The zero-order chi connectivity index (χ0) is 23.2. The number of hydrogen-bond donors (Lipinski definition) is 1. The van der Waals surface area contributed by atoms with E-state index in [1.807, 2.05) is 0 Å². The number of aromatic nitrogens is 4. The molecule has 0 atom stereocenters. The minimum absolute atomic E-state index is 0.105. The molecule has 0 aliphatic carbocycles. The van der Waals surface area contributed by atoms with E-state index in [1.54, 1.807) is 19.3 Å². The van der Waals surface area contributed by atoms with Gasteiger partial charge < -0.3 is 9.47 Å². The summed E-state index contributed by atoms with van der Waals surface area (Å²) >= 11 is 0. The van der Waals surface area contributed by atoms with Crippen LogP contribution >= 0.6 is 0 Å². The Morgan fingerprint density at radius 3 is 2.55 bits per heavy atom. The molecule has 1 fully saturated rings. The summed E-state index contributed by atoms with van der Waals surface area (Å²) in [5, 5.41) is 4.90. The predicted molar refractivity (Wildman–Crippen MR) is 131 cm³/mol. The number of anilines is 2. The van der Waals surface area contributed by atoms with Crippen LogP contribution in [0.2, 0.25) is 0 Å². The highest BCUT2D eigenvalue weighted by Crippen LogP contribution is 2.38. The summed E-state index contributed by atoms with van der Waals surface area (Å²) < 4.78 is 32.5. The minimum atomic E-state index is -3.82. The molecule has 8 nitrogen and oxygen atoms in total. The second kappa shape index (κ2) is 8.22. The lowest BCUT2D eigenvalue weighted by Crippen LogP contribution is -2.17. The molecular weight excluding hydrogens is 436 g/mol. The molecule has 4 aromatic rings. The van der Waals surface area contributed by atoms with Crippen molar-refractivity contribution in [3.8, 4) is 11.1 Å². The summed E-state index contributed by atoms with van der Waals surface area (Å²) in [6.45, 7) is 6.32. The van der Waals surface area contributed by atoms with Gasteiger partial charge in [-0.3, -0.25) is 9.40 Å². The highest BCUT2D eigenvalue weighted by molar-refractivity contribution is 7.92. The largest absolute Gasteiger partial charge is 0.372 e. The standard InChI is InChI=1S/C24H28N6O2S/c1-17(2)30-16-20(18-7-6-8-19(15-18)29-13-4-5-14-29)23-21(9-11-25-24(23)30)27-33(31,32)22-10-12-26-28(22)3/h6-12,15-17H,4-5,13-14H2,1-3H3,(H,25,27). The fraction of sp³-hybridized carbons (Fsp3) is 0.333. The molecular formula is C24H28N6O2S. The Kier molecular flexibility index (Phi) is 5.36. The monoisotopic (exact) mass is 464 g/mol. The number of aryl methyl sites for hydroxylation is 1. The first-order valence-electron chi connectivity index (χ1n) is 11.2. The van der Waals surface area contributed by atoms with Gasteiger partial charge in [0.15, 0.2) is 5.03 Å². The van der Waals surface area contributed by atoms with Crippen LogP contribution in [0, 0.1) is 0 Å². The SMILES string of the molecule is CC(C)n1cc(-c2cccc(N3CCCC3)c2)c2c(NS(=O)(=O)c3ccnn3C)ccnc21. The normalized spacial score (nSPS) is 14.5. The first-order valence-corrected chi connectivity index (χ1v) is 12.7. The summed E-state index contributed by atoms with van der Waals surface area (Å²) in [6.07, 6.45) is 7.61. The zero-order valence-electron chi connectivity index (χ0n) is 19.1. The van der Waals surface area contributed by atoms with Gasteiger partial charge in [0.25, 0.3) is 10.0 Å². The lowest BCUT2D eigenvalue weighted by molar-refractivity contribution is 0.582. The number of fused-ring (bicyclic) bond motifs is 1. The molecule has 5 rings (SSSR count). The molecule has 0 amide bonds. The van der Waals surface area contributed by atoms with E-state index in [0.717, 1.165) is 35.2 Å². The number of nitrogens with zero attached hydrogens (tertiary/aromatic N) is 5. The van der Waals surface area contributed by atoms with Gasteiger partial charge in [-0.05, 0) is 56.5 Å². The van der Waals surface area contributed by atoms with Gasteiger partial charge in [-0.15, -0.1) is 0 Å². The van der Waals surface area contributed by atoms with Crippen molar-refractivity contribution in [1.82, 2.24) is 19.3 Å². The molecule has 1 N–H and O–H groups in total. The summed E-state index contributed by atoms with van der Waals surface area (Å²) in [6, 6.07) is 11.8. The van der Waals surface area contributed by atoms with Crippen LogP contribution in [0.15, 0.2) is 60.0 Å². The van der Waals surface area contributed by atoms with Gasteiger partial charge in [0, 0.05) is 49.8 Å². The van der Waals surface area contributed by atoms with Gasteiger partial charge in [0.2, 0.25) is 0 Å². The molecule has 0 bridgehead atoms. The third-order valence-electron chi connectivity index (χ3n) is 6.19. The van der Waals surface area contributed by atoms with Crippen molar-refractivity contribution in [1.29, 1.82) is 0 Å². The Labute approximate surface area is 193 Å². The van der Waals surface area contributed by atoms with E-state index < -0.39 is 10.0 Å². The van der Waals surface area contributed by atoms with Crippen molar-refractivity contribution >= 4 is 32.4 Å². The number of sulfonamides is 1. The Balaban J connectivity index is 1.67. The van der Waals surface area contributed by atoms with Crippen molar-refractivity contribution in [3.63, 3.8) is 0 Å². The van der Waals surface area contributed by atoms with Crippen LogP contribution in [0.1, 0.15) is 32.7 Å². The van der Waals surface area contributed by atoms with Crippen LogP contribution in [0.5, 0.6) is 0 Å². The number of rotatable bonds is 6. The van der Waals surface area contributed by atoms with Gasteiger partial charge in [0.05, 0.1) is 17.3 Å². The van der Waals surface area contributed by atoms with E-state index in [-0.39, 0.29) is 11.1 Å². The van der Waals surface area contributed by atoms with Crippen LogP contribution in [-0.4, -0.2) is 40.8 Å². The molecule has 172 valence electrons. The maximum atomic E-state index is 13.1. The molecule has 0 saturated carbocycles. The average molecular weight is 465 g/mol. The average Bonchev–Trinajstić information content (AvgIpc) is 3.53. The molecule has 0 unspecified atom stereocenters. The topological polar surface area (TPSA) is 85.0 Å². The highest BCUT2D eigenvalue weighted by atomic mass is 32.2. The van der Waals surface area contributed by atoms with Gasteiger partial charge in [-0.25, -0.2) is 4.98 Å². The third-order valence-corrected chi connectivity index (χ3v) is 7.63. The maximum Gasteiger partial charge on any atom is 0.279 e. The molecule has 1 aliphatic heterocycles. The maximum absolute atomic E-state index is 13.1. The molecule has 0 radical (unpaired) electrons. The third kappa shape index (κ3) is 3.86. The van der Waals surface area contributed by atoms with Crippen LogP contribution in [-0.2, 0) is 17.1 Å². The van der Waals surface area contributed by atoms with Crippen molar-refractivity contribution in [2.24, 2.45) is 7.05 Å². The first kappa shape index (κ1) is 21.5. The fourth-order valence-corrected chi connectivity index (χ4v) is 5.74. The Hall–Kier alpha value is -3.33. The van der Waals surface area contributed by atoms with Crippen LogP contribution in [0.3, 0.4) is 0 Å². The summed E-state index contributed by atoms with van der Waals surface area (Å²) in [5.74, 6) is 0. The van der Waals surface area contributed by atoms with Gasteiger partial charge in [0.1, 0.15) is 5.65 Å². The van der Waals surface area contributed by atoms with Crippen molar-refractivity contribution in [2.75, 3.05) is 22.7 Å². The second-order valence-electron chi connectivity index (χ2n) is 8.74. The predicted octanol–water partition coefficient (Wildman–Crippen LogP) is 4.42. The summed E-state index contributed by atoms with van der Waals surface area (Å²) in [7, 11) is -2.21.